The Labute approximate surface area is 240 Å². The number of carbonyl (C=O) groups is 6. The number of carbonyl (C=O) groups excluding carboxylic acids is 6. The van der Waals surface area contributed by atoms with Gasteiger partial charge in [0.05, 0.1) is 13.0 Å². The van der Waals surface area contributed by atoms with Gasteiger partial charge >= 0.3 is 5.97 Å². The summed E-state index contributed by atoms with van der Waals surface area (Å²) in [6, 6.07) is -2.99. The SMILES string of the molecule is COCCNC(=O)CC[C@H]1NC(=O)C[C@H]2C=CCCSSC[C@@H](NC1=O)C(=O)NC(C1CC1)C(=O)NCC(=O)O2. The molecule has 0 spiro atoms. The Bertz CT molecular complexity index is 977. The van der Waals surface area contributed by atoms with E-state index in [-0.39, 0.29) is 36.8 Å². The molecule has 2 bridgehead atoms. The molecule has 40 heavy (non-hydrogen) atoms. The Hall–Kier alpha value is -2.78. The molecule has 0 radical (unpaired) electrons. The molecule has 0 aromatic carbocycles. The normalized spacial score (nSPS) is 27.4. The van der Waals surface area contributed by atoms with E-state index in [9.17, 15) is 28.8 Å². The van der Waals surface area contributed by atoms with Crippen LogP contribution in [-0.4, -0.2) is 98.0 Å². The molecule has 3 aliphatic rings. The molecular formula is C25H37N5O8S2. The van der Waals surface area contributed by atoms with E-state index in [1.165, 1.54) is 28.7 Å². The van der Waals surface area contributed by atoms with Crippen LogP contribution in [0.25, 0.3) is 0 Å². The van der Waals surface area contributed by atoms with Crippen LogP contribution in [0.1, 0.15) is 38.5 Å². The third kappa shape index (κ3) is 11.0. The van der Waals surface area contributed by atoms with Crippen LogP contribution in [0, 0.1) is 5.92 Å². The zero-order valence-electron chi connectivity index (χ0n) is 22.4. The first-order valence-corrected chi connectivity index (χ1v) is 15.8. The Morgan fingerprint density at radius 1 is 1.07 bits per heavy atom. The first-order chi connectivity index (χ1) is 19.3. The maximum Gasteiger partial charge on any atom is 0.326 e. The minimum atomic E-state index is -1.13. The van der Waals surface area contributed by atoms with Crippen molar-refractivity contribution in [3.8, 4) is 0 Å². The molecule has 0 aromatic rings. The van der Waals surface area contributed by atoms with Crippen molar-refractivity contribution in [3.63, 3.8) is 0 Å². The van der Waals surface area contributed by atoms with Crippen molar-refractivity contribution < 1.29 is 38.2 Å². The predicted molar refractivity (Wildman–Crippen MR) is 149 cm³/mol. The topological polar surface area (TPSA) is 181 Å². The monoisotopic (exact) mass is 599 g/mol. The number of amides is 5. The van der Waals surface area contributed by atoms with Crippen LogP contribution in [0.2, 0.25) is 0 Å². The fourth-order valence-electron chi connectivity index (χ4n) is 4.07. The van der Waals surface area contributed by atoms with Gasteiger partial charge in [-0.25, -0.2) is 0 Å². The highest BCUT2D eigenvalue weighted by Gasteiger charge is 2.39. The lowest BCUT2D eigenvalue weighted by molar-refractivity contribution is -0.148. The number of rotatable bonds is 7. The van der Waals surface area contributed by atoms with E-state index in [0.29, 0.717) is 25.3 Å². The summed E-state index contributed by atoms with van der Waals surface area (Å²) in [6.45, 7) is 0.202. The van der Waals surface area contributed by atoms with Crippen LogP contribution < -0.4 is 26.6 Å². The van der Waals surface area contributed by atoms with Gasteiger partial charge in [0.2, 0.25) is 29.5 Å². The highest BCUT2D eigenvalue weighted by atomic mass is 33.1. The second-order valence-electron chi connectivity index (χ2n) is 9.66. The molecular weight excluding hydrogens is 562 g/mol. The summed E-state index contributed by atoms with van der Waals surface area (Å²) in [5.41, 5.74) is 0. The van der Waals surface area contributed by atoms with Crippen LogP contribution in [0.5, 0.6) is 0 Å². The van der Waals surface area contributed by atoms with Gasteiger partial charge in [0.25, 0.3) is 0 Å². The van der Waals surface area contributed by atoms with Gasteiger partial charge in [-0.05, 0) is 37.7 Å². The maximum absolute atomic E-state index is 13.4. The lowest BCUT2D eigenvalue weighted by Gasteiger charge is -2.26. The maximum atomic E-state index is 13.4. The lowest BCUT2D eigenvalue weighted by atomic mass is 10.1. The Balaban J connectivity index is 1.86. The van der Waals surface area contributed by atoms with E-state index in [1.807, 2.05) is 0 Å². The number of ether oxygens (including phenoxy) is 2. The van der Waals surface area contributed by atoms with Crippen molar-refractivity contribution in [3.05, 3.63) is 12.2 Å². The van der Waals surface area contributed by atoms with E-state index in [0.717, 1.165) is 12.8 Å². The van der Waals surface area contributed by atoms with Gasteiger partial charge in [0, 0.05) is 31.6 Å². The largest absolute Gasteiger partial charge is 0.456 e. The lowest BCUT2D eigenvalue weighted by Crippen LogP contribution is -2.58. The molecule has 0 aromatic heterocycles. The summed E-state index contributed by atoms with van der Waals surface area (Å²) in [7, 11) is 4.41. The molecule has 3 rings (SSSR count). The average Bonchev–Trinajstić information content (AvgIpc) is 3.75. The first kappa shape index (κ1) is 31.7. The highest BCUT2D eigenvalue weighted by molar-refractivity contribution is 8.76. The summed E-state index contributed by atoms with van der Waals surface area (Å²) < 4.78 is 10.4. The molecule has 5 amide bonds. The smallest absolute Gasteiger partial charge is 0.326 e. The minimum Gasteiger partial charge on any atom is -0.456 e. The fourth-order valence-corrected chi connectivity index (χ4v) is 6.22. The molecule has 13 nitrogen and oxygen atoms in total. The summed E-state index contributed by atoms with van der Waals surface area (Å²) in [6.07, 6.45) is 4.25. The van der Waals surface area contributed by atoms with E-state index in [1.54, 1.807) is 12.2 Å². The number of fused-ring (bicyclic) bond motifs is 7. The standard InChI is InChI=1S/C25H37N5O8S2/c1-37-10-9-26-19(31)8-7-17-23(34)29-18-14-40-39-11-3-2-4-16(12-20(32)28-17)38-21(33)13-27-25(36)22(15-5-6-15)30-24(18)35/h2,4,15-18,22H,3,5-14H2,1H3,(H,26,31)(H,27,36)(H,28,32)(H,29,34)(H,30,35)/t16-,17-,18-,22?/m1/s1. The summed E-state index contributed by atoms with van der Waals surface area (Å²) in [5, 5.41) is 13.3. The van der Waals surface area contributed by atoms with E-state index in [2.05, 4.69) is 26.6 Å². The summed E-state index contributed by atoms with van der Waals surface area (Å²) in [4.78, 5) is 77.3. The van der Waals surface area contributed by atoms with Gasteiger partial charge in [-0.3, -0.25) is 28.8 Å². The van der Waals surface area contributed by atoms with Gasteiger partial charge in [-0.15, -0.1) is 0 Å². The van der Waals surface area contributed by atoms with E-state index < -0.39 is 60.4 Å². The Morgan fingerprint density at radius 2 is 1.88 bits per heavy atom. The number of esters is 1. The molecule has 2 heterocycles. The third-order valence-corrected chi connectivity index (χ3v) is 8.81. The van der Waals surface area contributed by atoms with Crippen molar-refractivity contribution in [1.82, 2.24) is 26.6 Å². The van der Waals surface area contributed by atoms with Crippen LogP contribution >= 0.6 is 21.6 Å². The van der Waals surface area contributed by atoms with Gasteiger partial charge in [-0.2, -0.15) is 0 Å². The molecule has 222 valence electrons. The van der Waals surface area contributed by atoms with Gasteiger partial charge < -0.3 is 36.1 Å². The second-order valence-corrected chi connectivity index (χ2v) is 12.3. The van der Waals surface area contributed by atoms with Crippen molar-refractivity contribution in [2.45, 2.75) is 62.8 Å². The average molecular weight is 600 g/mol. The van der Waals surface area contributed by atoms with Crippen LogP contribution in [-0.2, 0) is 38.2 Å². The van der Waals surface area contributed by atoms with Crippen LogP contribution in [0.4, 0.5) is 0 Å². The van der Waals surface area contributed by atoms with Crippen molar-refractivity contribution >= 4 is 57.1 Å². The number of allylic oxidation sites excluding steroid dienone is 1. The number of hydrogen-bond acceptors (Lipinski definition) is 10. The molecule has 15 heteroatoms. The predicted octanol–water partition coefficient (Wildman–Crippen LogP) is -0.833. The highest BCUT2D eigenvalue weighted by Crippen LogP contribution is 2.33. The quantitative estimate of drug-likeness (QED) is 0.107. The fraction of sp³-hybridized carbons (Fsp3) is 0.680. The zero-order chi connectivity index (χ0) is 28.9. The molecule has 1 aliphatic carbocycles. The molecule has 5 N–H and O–H groups in total. The van der Waals surface area contributed by atoms with Crippen LogP contribution in [0.3, 0.4) is 0 Å². The Kier molecular flexibility index (Phi) is 13.1. The molecule has 1 saturated heterocycles. The van der Waals surface area contributed by atoms with Gasteiger partial charge in [0.1, 0.15) is 30.8 Å². The molecule has 4 atom stereocenters. The first-order valence-electron chi connectivity index (χ1n) is 13.3. The van der Waals surface area contributed by atoms with Crippen molar-refractivity contribution in [2.24, 2.45) is 5.92 Å². The molecule has 1 saturated carbocycles. The zero-order valence-corrected chi connectivity index (χ0v) is 24.0. The minimum absolute atomic E-state index is 0.0278. The van der Waals surface area contributed by atoms with Crippen LogP contribution in [0.15, 0.2) is 12.2 Å². The number of methoxy groups -OCH3 is 1. The molecule has 2 aliphatic heterocycles. The Morgan fingerprint density at radius 3 is 2.62 bits per heavy atom. The van der Waals surface area contributed by atoms with Gasteiger partial charge in [0.15, 0.2) is 0 Å². The van der Waals surface area contributed by atoms with Crippen molar-refractivity contribution in [2.75, 3.05) is 38.3 Å². The third-order valence-electron chi connectivity index (χ3n) is 6.36. The second kappa shape index (κ2) is 16.5. The van der Waals surface area contributed by atoms with Crippen molar-refractivity contribution in [1.29, 1.82) is 0 Å². The summed E-state index contributed by atoms with van der Waals surface area (Å²) in [5.74, 6) is -2.51. The van der Waals surface area contributed by atoms with Gasteiger partial charge in [-0.1, -0.05) is 27.7 Å². The van der Waals surface area contributed by atoms with E-state index >= 15 is 0 Å². The number of nitrogens with one attached hydrogen (secondary N) is 5. The summed E-state index contributed by atoms with van der Waals surface area (Å²) >= 11 is 0. The molecule has 1 unspecified atom stereocenters. The number of hydrogen-bond donors (Lipinski definition) is 5. The molecule has 2 fully saturated rings. The van der Waals surface area contributed by atoms with E-state index in [4.69, 9.17) is 9.47 Å².